The molecule has 0 radical (unpaired) electrons. The number of carbonyl (C=O) groups excluding carboxylic acids is 1. The topological polar surface area (TPSA) is 75.4 Å². The molecule has 74 valence electrons. The van der Waals surface area contributed by atoms with Gasteiger partial charge in [-0.25, -0.2) is 4.99 Å². The van der Waals surface area contributed by atoms with Crippen LogP contribution in [0.1, 0.15) is 10.4 Å². The maximum absolute atomic E-state index is 11.9. The Balaban J connectivity index is 2.29. The number of aliphatic imine (C=N–C) groups is 1. The highest BCUT2D eigenvalue weighted by Gasteiger charge is 2.34. The van der Waals surface area contributed by atoms with Crippen molar-refractivity contribution in [2.45, 2.75) is 0 Å². The van der Waals surface area contributed by atoms with Gasteiger partial charge in [-0.3, -0.25) is 9.59 Å². The quantitative estimate of drug-likeness (QED) is 0.681. The Morgan fingerprint density at radius 3 is 3.07 bits per heavy atom. The second kappa shape index (κ2) is 2.66. The van der Waals surface area contributed by atoms with Crippen LogP contribution in [0.4, 0.5) is 5.88 Å². The van der Waals surface area contributed by atoms with Gasteiger partial charge in [0.25, 0.3) is 11.4 Å². The highest BCUT2D eigenvalue weighted by Crippen LogP contribution is 2.28. The van der Waals surface area contributed by atoms with Crippen molar-refractivity contribution in [1.82, 2.24) is 5.16 Å². The second-order valence-electron chi connectivity index (χ2n) is 3.34. The number of H-pyrrole nitrogens is 1. The fraction of sp³-hybridized carbons (Fsp3) is 0.100. The summed E-state index contributed by atoms with van der Waals surface area (Å²) < 4.78 is 4.80. The largest absolute Gasteiger partial charge is 0.358 e. The number of nitrogens with zero attached hydrogens (tertiary/aromatic N) is 1. The number of aromatic amines is 1. The first-order valence-corrected chi connectivity index (χ1v) is 4.46. The van der Waals surface area contributed by atoms with Crippen LogP contribution >= 0.6 is 0 Å². The summed E-state index contributed by atoms with van der Waals surface area (Å²) in [4.78, 5) is 27.3. The molecule has 15 heavy (non-hydrogen) atoms. The monoisotopic (exact) mass is 202 g/mol. The van der Waals surface area contributed by atoms with E-state index in [1.54, 1.807) is 24.3 Å². The van der Waals surface area contributed by atoms with Gasteiger partial charge in [-0.15, -0.1) is 0 Å². The maximum Gasteiger partial charge on any atom is 0.293 e. The molecule has 1 N–H and O–H groups in total. The smallest absolute Gasteiger partial charge is 0.293 e. The number of hydrogen-bond acceptors (Lipinski definition) is 4. The van der Waals surface area contributed by atoms with Crippen molar-refractivity contribution in [2.24, 2.45) is 10.9 Å². The molecule has 0 bridgehead atoms. The predicted molar refractivity (Wildman–Crippen MR) is 52.5 cm³/mol. The maximum atomic E-state index is 11.9. The van der Waals surface area contributed by atoms with Crippen molar-refractivity contribution >= 4 is 17.4 Å². The van der Waals surface area contributed by atoms with Crippen molar-refractivity contribution in [3.8, 4) is 0 Å². The minimum Gasteiger partial charge on any atom is -0.358 e. The average Bonchev–Trinajstić information content (AvgIpc) is 2.61. The average molecular weight is 202 g/mol. The van der Waals surface area contributed by atoms with Gasteiger partial charge in [0.05, 0.1) is 11.6 Å². The molecule has 2 heterocycles. The van der Waals surface area contributed by atoms with Gasteiger partial charge in [0.1, 0.15) is 0 Å². The molecule has 3 rings (SSSR count). The van der Waals surface area contributed by atoms with E-state index in [9.17, 15) is 9.59 Å². The lowest BCUT2D eigenvalue weighted by Crippen LogP contribution is -2.28. The Hall–Kier alpha value is -2.17. The molecule has 0 saturated carbocycles. The van der Waals surface area contributed by atoms with E-state index in [1.807, 2.05) is 0 Å². The summed E-state index contributed by atoms with van der Waals surface area (Å²) in [7, 11) is 0. The van der Waals surface area contributed by atoms with Crippen LogP contribution in [0.2, 0.25) is 0 Å². The van der Waals surface area contributed by atoms with E-state index in [1.165, 1.54) is 0 Å². The van der Waals surface area contributed by atoms with Crippen LogP contribution < -0.4 is 5.56 Å². The Kier molecular flexibility index (Phi) is 1.45. The zero-order valence-electron chi connectivity index (χ0n) is 7.56. The minimum atomic E-state index is -0.513. The lowest BCUT2D eigenvalue weighted by atomic mass is 9.89. The third-order valence-corrected chi connectivity index (χ3v) is 2.44. The highest BCUT2D eigenvalue weighted by molar-refractivity contribution is 6.22. The van der Waals surface area contributed by atoms with Crippen molar-refractivity contribution in [2.75, 3.05) is 0 Å². The van der Waals surface area contributed by atoms with Crippen molar-refractivity contribution in [3.05, 3.63) is 40.2 Å². The molecule has 0 spiro atoms. The number of ketones is 1. The van der Waals surface area contributed by atoms with Gasteiger partial charge in [0, 0.05) is 0 Å². The second-order valence-corrected chi connectivity index (χ2v) is 3.34. The number of hydrogen-bond donors (Lipinski definition) is 1. The molecule has 0 saturated heterocycles. The predicted octanol–water partition coefficient (Wildman–Crippen LogP) is 0.979. The standard InChI is InChI=1S/C10H6N2O3/c13-8-5-3-1-2-4-6(5)11-10-7(8)9(14)12-15-10/h1-5H,(H,12,14). The zero-order chi connectivity index (χ0) is 10.4. The zero-order valence-corrected chi connectivity index (χ0v) is 7.56. The molecule has 0 fully saturated rings. The number of nitrogens with one attached hydrogen (secondary N) is 1. The number of carbonyl (C=O) groups is 1. The van der Waals surface area contributed by atoms with Crippen molar-refractivity contribution in [3.63, 3.8) is 0 Å². The number of fused-ring (bicyclic) bond motifs is 2. The number of rotatable bonds is 0. The van der Waals surface area contributed by atoms with Gasteiger partial charge in [0.15, 0.2) is 11.3 Å². The van der Waals surface area contributed by atoms with E-state index in [4.69, 9.17) is 4.52 Å². The van der Waals surface area contributed by atoms with E-state index in [-0.39, 0.29) is 17.2 Å². The summed E-state index contributed by atoms with van der Waals surface area (Å²) in [6.07, 6.45) is 7.01. The van der Waals surface area contributed by atoms with Gasteiger partial charge in [-0.1, -0.05) is 18.2 Å². The summed E-state index contributed by atoms with van der Waals surface area (Å²) in [6.45, 7) is 0. The molecule has 1 aliphatic heterocycles. The van der Waals surface area contributed by atoms with Crippen LogP contribution in [-0.2, 0) is 0 Å². The summed E-state index contributed by atoms with van der Waals surface area (Å²) in [5.74, 6) is -0.622. The lowest BCUT2D eigenvalue weighted by molar-refractivity contribution is 0.0970. The minimum absolute atomic E-state index is 0.0173. The van der Waals surface area contributed by atoms with Crippen LogP contribution in [0.15, 0.2) is 38.6 Å². The van der Waals surface area contributed by atoms with Crippen LogP contribution in [0.5, 0.6) is 0 Å². The SMILES string of the molecule is O=C1c2c(o[nH]c2=O)N=C2C=CC=CC12. The Morgan fingerprint density at radius 1 is 1.33 bits per heavy atom. The molecular formula is C10H6N2O3. The summed E-state index contributed by atoms with van der Waals surface area (Å²) >= 11 is 0. The number of allylic oxidation sites excluding steroid dienone is 4. The fourth-order valence-electron chi connectivity index (χ4n) is 1.72. The molecule has 1 aromatic heterocycles. The first-order valence-electron chi connectivity index (χ1n) is 4.46. The van der Waals surface area contributed by atoms with Crippen LogP contribution in [0.25, 0.3) is 0 Å². The normalized spacial score (nSPS) is 22.3. The number of aromatic nitrogens is 1. The van der Waals surface area contributed by atoms with Gasteiger partial charge >= 0.3 is 0 Å². The number of Topliss-reactive ketones (excluding diaryl/α,β-unsaturated/α-hetero) is 1. The summed E-state index contributed by atoms with van der Waals surface area (Å²) in [5, 5.41) is 2.11. The third-order valence-electron chi connectivity index (χ3n) is 2.44. The Morgan fingerprint density at radius 2 is 2.20 bits per heavy atom. The van der Waals surface area contributed by atoms with Gasteiger partial charge < -0.3 is 4.52 Å². The third kappa shape index (κ3) is 0.999. The van der Waals surface area contributed by atoms with E-state index in [0.717, 1.165) is 0 Å². The molecule has 2 aliphatic rings. The molecule has 1 unspecified atom stereocenters. The molecular weight excluding hydrogens is 196 g/mol. The Bertz CT molecular complexity index is 586. The first kappa shape index (κ1) is 8.16. The van der Waals surface area contributed by atoms with Crippen LogP contribution in [0.3, 0.4) is 0 Å². The fourth-order valence-corrected chi connectivity index (χ4v) is 1.72. The van der Waals surface area contributed by atoms with E-state index in [0.29, 0.717) is 5.71 Å². The van der Waals surface area contributed by atoms with Gasteiger partial charge in [-0.2, -0.15) is 5.16 Å². The lowest BCUT2D eigenvalue weighted by Gasteiger charge is -2.16. The summed E-state index contributed by atoms with van der Waals surface area (Å²) in [6, 6.07) is 0. The van der Waals surface area contributed by atoms with E-state index >= 15 is 0 Å². The van der Waals surface area contributed by atoms with Gasteiger partial charge in [-0.05, 0) is 6.08 Å². The first-order chi connectivity index (χ1) is 7.27. The molecule has 1 aliphatic carbocycles. The van der Waals surface area contributed by atoms with E-state index < -0.39 is 11.5 Å². The van der Waals surface area contributed by atoms with E-state index in [2.05, 4.69) is 10.1 Å². The summed E-state index contributed by atoms with van der Waals surface area (Å²) in [5.41, 5.74) is 0.113. The Labute approximate surface area is 83.8 Å². The van der Waals surface area contributed by atoms with Crippen LogP contribution in [0, 0.1) is 5.92 Å². The molecule has 1 atom stereocenters. The van der Waals surface area contributed by atoms with Gasteiger partial charge in [0.2, 0.25) is 0 Å². The highest BCUT2D eigenvalue weighted by atomic mass is 16.5. The molecule has 5 nitrogen and oxygen atoms in total. The molecule has 0 aromatic carbocycles. The molecule has 5 heteroatoms. The molecule has 0 amide bonds. The van der Waals surface area contributed by atoms with Crippen molar-refractivity contribution < 1.29 is 9.32 Å². The molecule has 1 aromatic rings. The van der Waals surface area contributed by atoms with Crippen LogP contribution in [-0.4, -0.2) is 16.7 Å². The van der Waals surface area contributed by atoms with Crippen molar-refractivity contribution in [1.29, 1.82) is 0 Å².